The molecule has 0 radical (unpaired) electrons. The second-order valence-corrected chi connectivity index (χ2v) is 3.69. The largest absolute Gasteiger partial charge is 0.368 e. The number of rotatable bonds is 4. The van der Waals surface area contributed by atoms with Crippen LogP contribution in [0.25, 0.3) is 0 Å². The van der Waals surface area contributed by atoms with Crippen molar-refractivity contribution in [2.45, 2.75) is 6.92 Å². The average Bonchev–Trinajstić information content (AvgIpc) is 2.17. The van der Waals surface area contributed by atoms with E-state index in [1.54, 1.807) is 6.20 Å². The van der Waals surface area contributed by atoms with Crippen LogP contribution in [0.4, 0.5) is 11.8 Å². The van der Waals surface area contributed by atoms with Crippen LogP contribution >= 0.6 is 15.9 Å². The topological polar surface area (TPSA) is 92.9 Å². The van der Waals surface area contributed by atoms with Crippen LogP contribution in [0.2, 0.25) is 0 Å². The Bertz CT molecular complexity index is 357. The minimum atomic E-state index is -0.0573. The molecule has 0 saturated carbocycles. The van der Waals surface area contributed by atoms with E-state index in [1.807, 2.05) is 0 Å². The Kier molecular flexibility index (Phi) is 4.29. The molecule has 7 heteroatoms. The third-order valence-electron chi connectivity index (χ3n) is 1.55. The predicted molar refractivity (Wildman–Crippen MR) is 61.3 cm³/mol. The molecule has 1 aromatic heterocycles. The van der Waals surface area contributed by atoms with Gasteiger partial charge in [-0.15, -0.1) is 0 Å². The highest BCUT2D eigenvalue weighted by Crippen LogP contribution is 2.18. The van der Waals surface area contributed by atoms with Gasteiger partial charge in [0, 0.05) is 26.2 Å². The number of anilines is 2. The second kappa shape index (κ2) is 5.50. The summed E-state index contributed by atoms with van der Waals surface area (Å²) in [5.41, 5.74) is 5.43. The molecule has 82 valence electrons. The molecule has 1 aromatic rings. The molecule has 0 aliphatic carbocycles. The van der Waals surface area contributed by atoms with Gasteiger partial charge in [0.05, 0.1) is 4.47 Å². The first-order valence-electron chi connectivity index (χ1n) is 4.36. The van der Waals surface area contributed by atoms with Crippen LogP contribution in [-0.4, -0.2) is 29.0 Å². The fourth-order valence-electron chi connectivity index (χ4n) is 0.924. The van der Waals surface area contributed by atoms with Crippen molar-refractivity contribution in [1.82, 2.24) is 15.3 Å². The smallest absolute Gasteiger partial charge is 0.221 e. The lowest BCUT2D eigenvalue weighted by atomic mass is 10.5. The van der Waals surface area contributed by atoms with E-state index in [1.165, 1.54) is 6.92 Å². The van der Waals surface area contributed by atoms with Gasteiger partial charge in [0.25, 0.3) is 0 Å². The van der Waals surface area contributed by atoms with Crippen LogP contribution in [-0.2, 0) is 4.79 Å². The Labute approximate surface area is 95.8 Å². The van der Waals surface area contributed by atoms with Crippen molar-refractivity contribution in [3.8, 4) is 0 Å². The molecule has 0 bridgehead atoms. The fourth-order valence-corrected chi connectivity index (χ4v) is 1.26. The molecule has 0 fully saturated rings. The third-order valence-corrected chi connectivity index (χ3v) is 2.13. The molecule has 0 spiro atoms. The molecule has 0 unspecified atom stereocenters. The van der Waals surface area contributed by atoms with Gasteiger partial charge in [-0.05, 0) is 15.9 Å². The van der Waals surface area contributed by atoms with Crippen LogP contribution in [0.3, 0.4) is 0 Å². The average molecular weight is 274 g/mol. The summed E-state index contributed by atoms with van der Waals surface area (Å²) < 4.78 is 0.736. The first-order valence-corrected chi connectivity index (χ1v) is 5.15. The van der Waals surface area contributed by atoms with Crippen molar-refractivity contribution in [2.75, 3.05) is 24.1 Å². The number of carbonyl (C=O) groups is 1. The molecular formula is C8H12BrN5O. The Hall–Kier alpha value is -1.37. The molecular weight excluding hydrogens is 262 g/mol. The van der Waals surface area contributed by atoms with Gasteiger partial charge in [0.1, 0.15) is 5.82 Å². The van der Waals surface area contributed by atoms with Crippen molar-refractivity contribution in [3.63, 3.8) is 0 Å². The summed E-state index contributed by atoms with van der Waals surface area (Å²) in [6.45, 7) is 2.58. The first-order chi connectivity index (χ1) is 7.09. The SMILES string of the molecule is CC(=O)NCCNc1nc(N)ncc1Br. The number of amides is 1. The lowest BCUT2D eigenvalue weighted by molar-refractivity contribution is -0.118. The zero-order chi connectivity index (χ0) is 11.3. The fraction of sp³-hybridized carbons (Fsp3) is 0.375. The summed E-state index contributed by atoms with van der Waals surface area (Å²) >= 11 is 3.28. The molecule has 0 aliphatic heterocycles. The zero-order valence-electron chi connectivity index (χ0n) is 8.25. The van der Waals surface area contributed by atoms with Gasteiger partial charge in [-0.25, -0.2) is 4.98 Å². The molecule has 6 nitrogen and oxygen atoms in total. The zero-order valence-corrected chi connectivity index (χ0v) is 9.84. The predicted octanol–water partition coefficient (Wildman–Crippen LogP) is 0.369. The van der Waals surface area contributed by atoms with Crippen molar-refractivity contribution >= 4 is 33.6 Å². The lowest BCUT2D eigenvalue weighted by Gasteiger charge is -2.07. The number of hydrogen-bond acceptors (Lipinski definition) is 5. The number of nitrogens with two attached hydrogens (primary N) is 1. The van der Waals surface area contributed by atoms with E-state index in [0.29, 0.717) is 18.9 Å². The van der Waals surface area contributed by atoms with Crippen LogP contribution in [0.15, 0.2) is 10.7 Å². The molecule has 15 heavy (non-hydrogen) atoms. The summed E-state index contributed by atoms with van der Waals surface area (Å²) in [5.74, 6) is 0.770. The highest BCUT2D eigenvalue weighted by Gasteiger charge is 2.01. The van der Waals surface area contributed by atoms with Gasteiger partial charge in [0.2, 0.25) is 11.9 Å². The molecule has 1 heterocycles. The summed E-state index contributed by atoms with van der Waals surface area (Å²) in [7, 11) is 0. The number of nitrogens with one attached hydrogen (secondary N) is 2. The van der Waals surface area contributed by atoms with E-state index in [2.05, 4.69) is 36.5 Å². The molecule has 0 aromatic carbocycles. The highest BCUT2D eigenvalue weighted by atomic mass is 79.9. The second-order valence-electron chi connectivity index (χ2n) is 2.83. The van der Waals surface area contributed by atoms with Crippen molar-refractivity contribution < 1.29 is 4.79 Å². The van der Waals surface area contributed by atoms with Crippen LogP contribution in [0.1, 0.15) is 6.92 Å². The summed E-state index contributed by atoms with van der Waals surface area (Å²) in [5, 5.41) is 5.67. The minimum Gasteiger partial charge on any atom is -0.368 e. The summed E-state index contributed by atoms with van der Waals surface area (Å²) in [6.07, 6.45) is 1.57. The maximum Gasteiger partial charge on any atom is 0.221 e. The lowest BCUT2D eigenvalue weighted by Crippen LogP contribution is -2.26. The number of nitrogens with zero attached hydrogens (tertiary/aromatic N) is 2. The molecule has 0 aliphatic rings. The van der Waals surface area contributed by atoms with Crippen LogP contribution < -0.4 is 16.4 Å². The van der Waals surface area contributed by atoms with E-state index in [9.17, 15) is 4.79 Å². The Balaban J connectivity index is 2.43. The summed E-state index contributed by atoms with van der Waals surface area (Å²) in [4.78, 5) is 18.4. The van der Waals surface area contributed by atoms with E-state index in [-0.39, 0.29) is 11.9 Å². The Morgan fingerprint density at radius 2 is 2.33 bits per heavy atom. The Morgan fingerprint density at radius 1 is 1.60 bits per heavy atom. The summed E-state index contributed by atoms with van der Waals surface area (Å²) in [6, 6.07) is 0. The van der Waals surface area contributed by atoms with E-state index >= 15 is 0 Å². The molecule has 0 atom stereocenters. The van der Waals surface area contributed by atoms with E-state index in [0.717, 1.165) is 4.47 Å². The quantitative estimate of drug-likeness (QED) is 0.690. The number of carbonyl (C=O) groups excluding carboxylic acids is 1. The van der Waals surface area contributed by atoms with Gasteiger partial charge in [-0.2, -0.15) is 4.98 Å². The van der Waals surface area contributed by atoms with Crippen molar-refractivity contribution in [3.05, 3.63) is 10.7 Å². The third kappa shape index (κ3) is 4.11. The van der Waals surface area contributed by atoms with Gasteiger partial charge in [-0.3, -0.25) is 4.79 Å². The van der Waals surface area contributed by atoms with Crippen LogP contribution in [0, 0.1) is 0 Å². The molecule has 0 saturated heterocycles. The maximum atomic E-state index is 10.6. The number of halogens is 1. The number of nitrogen functional groups attached to an aromatic ring is 1. The monoisotopic (exact) mass is 273 g/mol. The first kappa shape index (κ1) is 11.7. The normalized spacial score (nSPS) is 9.73. The van der Waals surface area contributed by atoms with Gasteiger partial charge in [-0.1, -0.05) is 0 Å². The molecule has 1 amide bonds. The van der Waals surface area contributed by atoms with Crippen LogP contribution in [0.5, 0.6) is 0 Å². The highest BCUT2D eigenvalue weighted by molar-refractivity contribution is 9.10. The Morgan fingerprint density at radius 3 is 3.00 bits per heavy atom. The van der Waals surface area contributed by atoms with Gasteiger partial charge in [0.15, 0.2) is 0 Å². The van der Waals surface area contributed by atoms with E-state index in [4.69, 9.17) is 5.73 Å². The van der Waals surface area contributed by atoms with Crippen molar-refractivity contribution in [2.24, 2.45) is 0 Å². The van der Waals surface area contributed by atoms with E-state index < -0.39 is 0 Å². The van der Waals surface area contributed by atoms with Gasteiger partial charge < -0.3 is 16.4 Å². The number of aromatic nitrogens is 2. The van der Waals surface area contributed by atoms with Crippen molar-refractivity contribution in [1.29, 1.82) is 0 Å². The molecule has 4 N–H and O–H groups in total. The maximum absolute atomic E-state index is 10.6. The minimum absolute atomic E-state index is 0.0573. The number of hydrogen-bond donors (Lipinski definition) is 3. The van der Waals surface area contributed by atoms with Gasteiger partial charge >= 0.3 is 0 Å². The molecule has 1 rings (SSSR count). The standard InChI is InChI=1S/C8H12BrN5O/c1-5(15)11-2-3-12-7-6(9)4-13-8(10)14-7/h4H,2-3H2,1H3,(H,11,15)(H3,10,12,13,14).